The van der Waals surface area contributed by atoms with Gasteiger partial charge in [0.15, 0.2) is 5.75 Å². The number of rotatable bonds is 0. The quantitative estimate of drug-likeness (QED) is 0.597. The average Bonchev–Trinajstić information content (AvgIpc) is 2.66. The van der Waals surface area contributed by atoms with Crippen LogP contribution >= 0.6 is 0 Å². The minimum Gasteiger partial charge on any atom is -0.424 e. The van der Waals surface area contributed by atoms with Gasteiger partial charge in [0.1, 0.15) is 5.66 Å². The summed E-state index contributed by atoms with van der Waals surface area (Å²) in [6.45, 7) is 4.37. The molecule has 118 valence electrons. The van der Waals surface area contributed by atoms with E-state index >= 15 is 0 Å². The number of likely N-dealkylation sites (N-methyl/N-ethyl adjacent to an activating group) is 1. The number of carbonyl (C=O) groups is 1. The van der Waals surface area contributed by atoms with Crippen LogP contribution in [-0.2, 0) is 10.2 Å². The molecule has 1 atom stereocenters. The van der Waals surface area contributed by atoms with E-state index in [1.807, 2.05) is 37.4 Å². The van der Waals surface area contributed by atoms with Crippen LogP contribution in [0.3, 0.4) is 0 Å². The minimum absolute atomic E-state index is 0.213. The minimum atomic E-state index is -0.555. The van der Waals surface area contributed by atoms with E-state index < -0.39 is 5.66 Å². The summed E-state index contributed by atoms with van der Waals surface area (Å²) in [6, 6.07) is 16.0. The SMILES string of the molecule is CN1c2ccccc2C(C)(C)[C@]12CC(=O)Oc1ccccc1N2. The number of nitrogens with zero attached hydrogens (tertiary/aromatic N) is 1. The molecule has 1 spiro atoms. The van der Waals surface area contributed by atoms with E-state index in [1.165, 1.54) is 5.56 Å². The van der Waals surface area contributed by atoms with Gasteiger partial charge in [-0.25, -0.2) is 0 Å². The monoisotopic (exact) mass is 308 g/mol. The van der Waals surface area contributed by atoms with Crippen molar-refractivity contribution in [1.29, 1.82) is 0 Å². The molecule has 0 saturated heterocycles. The van der Waals surface area contributed by atoms with Crippen LogP contribution in [0.15, 0.2) is 48.5 Å². The highest BCUT2D eigenvalue weighted by Crippen LogP contribution is 2.53. The zero-order valence-corrected chi connectivity index (χ0v) is 13.6. The third kappa shape index (κ3) is 1.75. The number of hydrogen-bond donors (Lipinski definition) is 1. The summed E-state index contributed by atoms with van der Waals surface area (Å²) in [4.78, 5) is 14.7. The van der Waals surface area contributed by atoms with Crippen molar-refractivity contribution in [3.63, 3.8) is 0 Å². The first-order chi connectivity index (χ1) is 11.0. The van der Waals surface area contributed by atoms with E-state index in [1.54, 1.807) is 0 Å². The van der Waals surface area contributed by atoms with Crippen LogP contribution in [0.25, 0.3) is 0 Å². The molecule has 2 aliphatic heterocycles. The van der Waals surface area contributed by atoms with E-state index in [9.17, 15) is 4.79 Å². The summed E-state index contributed by atoms with van der Waals surface area (Å²) in [5, 5.41) is 3.63. The maximum atomic E-state index is 12.5. The van der Waals surface area contributed by atoms with Crippen molar-refractivity contribution >= 4 is 17.3 Å². The molecule has 0 radical (unpaired) electrons. The number of carbonyl (C=O) groups excluding carboxylic acids is 1. The second kappa shape index (κ2) is 4.51. The van der Waals surface area contributed by atoms with Gasteiger partial charge in [0.25, 0.3) is 0 Å². The number of hydrogen-bond acceptors (Lipinski definition) is 4. The molecule has 0 bridgehead atoms. The first kappa shape index (κ1) is 14.1. The summed E-state index contributed by atoms with van der Waals surface area (Å²) >= 11 is 0. The summed E-state index contributed by atoms with van der Waals surface area (Å²) in [5.74, 6) is 0.379. The first-order valence-corrected chi connectivity index (χ1v) is 7.87. The van der Waals surface area contributed by atoms with Crippen molar-refractivity contribution in [2.45, 2.75) is 31.3 Å². The lowest BCUT2D eigenvalue weighted by Crippen LogP contribution is -2.60. The molecule has 4 nitrogen and oxygen atoms in total. The number of ether oxygens (including phenoxy) is 1. The molecule has 0 aromatic heterocycles. The lowest BCUT2D eigenvalue weighted by molar-refractivity contribution is -0.135. The van der Waals surface area contributed by atoms with Crippen molar-refractivity contribution in [2.75, 3.05) is 17.3 Å². The molecule has 1 N–H and O–H groups in total. The molecule has 2 aromatic carbocycles. The molecule has 0 unspecified atom stereocenters. The van der Waals surface area contributed by atoms with E-state index in [2.05, 4.69) is 42.3 Å². The van der Waals surface area contributed by atoms with Crippen molar-refractivity contribution < 1.29 is 9.53 Å². The molecular weight excluding hydrogens is 288 g/mol. The number of para-hydroxylation sites is 3. The molecule has 0 saturated carbocycles. The van der Waals surface area contributed by atoms with Crippen LogP contribution < -0.4 is 15.0 Å². The average molecular weight is 308 g/mol. The van der Waals surface area contributed by atoms with E-state index in [4.69, 9.17) is 4.74 Å². The third-order valence-corrected chi connectivity index (χ3v) is 5.40. The van der Waals surface area contributed by atoms with Crippen LogP contribution in [0.5, 0.6) is 5.75 Å². The first-order valence-electron chi connectivity index (χ1n) is 7.87. The molecule has 4 rings (SSSR count). The molecule has 0 aliphatic carbocycles. The van der Waals surface area contributed by atoms with Gasteiger partial charge in [0.05, 0.1) is 12.1 Å². The Balaban J connectivity index is 1.93. The summed E-state index contributed by atoms with van der Waals surface area (Å²) in [7, 11) is 2.04. The Labute approximate surface area is 136 Å². The van der Waals surface area contributed by atoms with E-state index in [0.717, 1.165) is 11.4 Å². The van der Waals surface area contributed by atoms with Crippen LogP contribution in [-0.4, -0.2) is 18.7 Å². The molecule has 2 aliphatic rings. The molecule has 2 aromatic rings. The highest BCUT2D eigenvalue weighted by atomic mass is 16.5. The summed E-state index contributed by atoms with van der Waals surface area (Å²) < 4.78 is 5.56. The van der Waals surface area contributed by atoms with Gasteiger partial charge in [0, 0.05) is 18.2 Å². The lowest BCUT2D eigenvalue weighted by atomic mass is 9.74. The zero-order valence-electron chi connectivity index (χ0n) is 13.6. The number of benzene rings is 2. The number of nitrogens with one attached hydrogen (secondary N) is 1. The Bertz CT molecular complexity index is 799. The Kier molecular flexibility index (Phi) is 2.77. The van der Waals surface area contributed by atoms with Crippen molar-refractivity contribution in [3.05, 3.63) is 54.1 Å². The molecular formula is C19H20N2O2. The maximum Gasteiger partial charge on any atom is 0.315 e. The highest BCUT2D eigenvalue weighted by Gasteiger charge is 2.58. The number of fused-ring (bicyclic) bond motifs is 2. The van der Waals surface area contributed by atoms with Crippen LogP contribution in [0.1, 0.15) is 25.8 Å². The van der Waals surface area contributed by atoms with Gasteiger partial charge in [-0.15, -0.1) is 0 Å². The van der Waals surface area contributed by atoms with E-state index in [-0.39, 0.29) is 17.8 Å². The van der Waals surface area contributed by atoms with Gasteiger partial charge in [-0.05, 0) is 23.8 Å². The summed E-state index contributed by atoms with van der Waals surface area (Å²) in [5.41, 5.74) is 2.43. The fraction of sp³-hybridized carbons (Fsp3) is 0.316. The third-order valence-electron chi connectivity index (χ3n) is 5.40. The van der Waals surface area contributed by atoms with Crippen molar-refractivity contribution in [2.24, 2.45) is 0 Å². The van der Waals surface area contributed by atoms with Crippen LogP contribution in [0.4, 0.5) is 11.4 Å². The highest BCUT2D eigenvalue weighted by molar-refractivity contribution is 5.83. The standard InChI is InChI=1S/C19H20N2O2/c1-18(2)13-8-4-6-10-15(13)21(3)19(18)12-17(22)23-16-11-7-5-9-14(16)20-19/h4-11,20H,12H2,1-3H3/t19-/m0/s1. The van der Waals surface area contributed by atoms with Gasteiger partial charge in [-0.3, -0.25) is 4.79 Å². The van der Waals surface area contributed by atoms with Gasteiger partial charge in [0.2, 0.25) is 0 Å². The predicted molar refractivity (Wildman–Crippen MR) is 90.9 cm³/mol. The van der Waals surface area contributed by atoms with E-state index in [0.29, 0.717) is 5.75 Å². The molecule has 2 heterocycles. The van der Waals surface area contributed by atoms with Crippen LogP contribution in [0.2, 0.25) is 0 Å². The lowest BCUT2D eigenvalue weighted by Gasteiger charge is -2.46. The maximum absolute atomic E-state index is 12.5. The Hall–Kier alpha value is -2.49. The second-order valence-electron chi connectivity index (χ2n) is 6.83. The largest absolute Gasteiger partial charge is 0.424 e. The van der Waals surface area contributed by atoms with Gasteiger partial charge < -0.3 is 15.0 Å². The van der Waals surface area contributed by atoms with Crippen molar-refractivity contribution in [1.82, 2.24) is 0 Å². The number of anilines is 2. The fourth-order valence-corrected chi connectivity index (χ4v) is 4.02. The predicted octanol–water partition coefficient (Wildman–Crippen LogP) is 3.53. The van der Waals surface area contributed by atoms with Gasteiger partial charge in [-0.1, -0.05) is 44.2 Å². The topological polar surface area (TPSA) is 41.6 Å². The van der Waals surface area contributed by atoms with Gasteiger partial charge >= 0.3 is 5.97 Å². The summed E-state index contributed by atoms with van der Waals surface area (Å²) in [6.07, 6.45) is 0.278. The fourth-order valence-electron chi connectivity index (χ4n) is 4.02. The molecule has 4 heteroatoms. The van der Waals surface area contributed by atoms with Crippen LogP contribution in [0, 0.1) is 0 Å². The smallest absolute Gasteiger partial charge is 0.315 e. The Morgan fingerprint density at radius 1 is 1.09 bits per heavy atom. The van der Waals surface area contributed by atoms with Crippen molar-refractivity contribution in [3.8, 4) is 5.75 Å². The zero-order chi connectivity index (χ0) is 16.2. The molecule has 0 amide bonds. The molecule has 23 heavy (non-hydrogen) atoms. The Morgan fingerprint density at radius 3 is 2.57 bits per heavy atom. The molecule has 0 fully saturated rings. The number of esters is 1. The normalized spacial score (nSPS) is 24.5. The Morgan fingerprint density at radius 2 is 1.78 bits per heavy atom. The second-order valence-corrected chi connectivity index (χ2v) is 6.83. The van der Waals surface area contributed by atoms with Gasteiger partial charge in [-0.2, -0.15) is 0 Å².